The minimum Gasteiger partial charge on any atom is -0.475 e. The SMILES string of the molecule is O=C(O)c1ccc(OC2CCC2)o1. The maximum Gasteiger partial charge on any atom is 0.371 e. The Hall–Kier alpha value is -1.45. The third-order valence-corrected chi connectivity index (χ3v) is 2.13. The van der Waals surface area contributed by atoms with Crippen LogP contribution in [0.15, 0.2) is 16.5 Å². The molecular formula is C9H10O4. The van der Waals surface area contributed by atoms with Crippen LogP contribution in [0.25, 0.3) is 0 Å². The molecule has 0 saturated heterocycles. The predicted octanol–water partition coefficient (Wildman–Crippen LogP) is 1.91. The maximum atomic E-state index is 10.4. The molecule has 4 nitrogen and oxygen atoms in total. The Bertz CT molecular complexity index is 311. The van der Waals surface area contributed by atoms with E-state index < -0.39 is 5.97 Å². The Kier molecular flexibility index (Phi) is 1.96. The molecular weight excluding hydrogens is 172 g/mol. The van der Waals surface area contributed by atoms with Gasteiger partial charge in [0, 0.05) is 6.07 Å². The van der Waals surface area contributed by atoms with Gasteiger partial charge in [0.2, 0.25) is 5.76 Å². The van der Waals surface area contributed by atoms with Gasteiger partial charge in [-0.2, -0.15) is 0 Å². The van der Waals surface area contributed by atoms with E-state index in [-0.39, 0.29) is 11.9 Å². The van der Waals surface area contributed by atoms with Crippen LogP contribution in [0.5, 0.6) is 5.95 Å². The lowest BCUT2D eigenvalue weighted by atomic mass is 9.96. The van der Waals surface area contributed by atoms with Crippen LogP contribution in [0, 0.1) is 0 Å². The molecule has 4 heteroatoms. The van der Waals surface area contributed by atoms with Gasteiger partial charge in [0.05, 0.1) is 0 Å². The van der Waals surface area contributed by atoms with Gasteiger partial charge in [-0.25, -0.2) is 4.79 Å². The minimum absolute atomic E-state index is 0.0747. The summed E-state index contributed by atoms with van der Waals surface area (Å²) in [6.07, 6.45) is 3.46. The Morgan fingerprint density at radius 1 is 1.54 bits per heavy atom. The highest BCUT2D eigenvalue weighted by Crippen LogP contribution is 2.26. The number of aromatic carboxylic acids is 1. The van der Waals surface area contributed by atoms with Crippen molar-refractivity contribution >= 4 is 5.97 Å². The first kappa shape index (κ1) is 8.16. The second-order valence-electron chi connectivity index (χ2n) is 3.09. The molecule has 70 valence electrons. The second-order valence-corrected chi connectivity index (χ2v) is 3.09. The average Bonchev–Trinajstić information content (AvgIpc) is 2.44. The fraction of sp³-hybridized carbons (Fsp3) is 0.444. The molecule has 0 amide bonds. The van der Waals surface area contributed by atoms with Crippen LogP contribution in [-0.2, 0) is 0 Å². The molecule has 1 heterocycles. The Morgan fingerprint density at radius 2 is 2.31 bits per heavy atom. The zero-order valence-corrected chi connectivity index (χ0v) is 7.03. The number of carboxylic acids is 1. The number of carboxylic acid groups (broad SMARTS) is 1. The molecule has 1 aromatic rings. The molecule has 0 unspecified atom stereocenters. The summed E-state index contributed by atoms with van der Waals surface area (Å²) in [4.78, 5) is 10.4. The second kappa shape index (κ2) is 3.12. The minimum atomic E-state index is -1.07. The van der Waals surface area contributed by atoms with E-state index in [1.165, 1.54) is 12.5 Å². The van der Waals surface area contributed by atoms with Gasteiger partial charge in [0.1, 0.15) is 6.10 Å². The van der Waals surface area contributed by atoms with Gasteiger partial charge in [0.25, 0.3) is 5.95 Å². The average molecular weight is 182 g/mol. The number of hydrogen-bond donors (Lipinski definition) is 1. The monoisotopic (exact) mass is 182 g/mol. The molecule has 0 radical (unpaired) electrons. The normalized spacial score (nSPS) is 16.6. The highest BCUT2D eigenvalue weighted by atomic mass is 16.6. The van der Waals surface area contributed by atoms with Crippen LogP contribution in [-0.4, -0.2) is 17.2 Å². The van der Waals surface area contributed by atoms with Gasteiger partial charge in [-0.15, -0.1) is 0 Å². The maximum absolute atomic E-state index is 10.4. The first-order valence-corrected chi connectivity index (χ1v) is 4.25. The zero-order chi connectivity index (χ0) is 9.26. The van der Waals surface area contributed by atoms with Crippen LogP contribution < -0.4 is 4.74 Å². The molecule has 0 atom stereocenters. The first-order valence-electron chi connectivity index (χ1n) is 4.25. The topological polar surface area (TPSA) is 59.7 Å². The van der Waals surface area contributed by atoms with Gasteiger partial charge < -0.3 is 14.3 Å². The summed E-state index contributed by atoms with van der Waals surface area (Å²) in [5.41, 5.74) is 0. The number of furan rings is 1. The van der Waals surface area contributed by atoms with E-state index >= 15 is 0 Å². The largest absolute Gasteiger partial charge is 0.475 e. The quantitative estimate of drug-likeness (QED) is 0.775. The van der Waals surface area contributed by atoms with Crippen molar-refractivity contribution in [3.8, 4) is 5.95 Å². The van der Waals surface area contributed by atoms with Crippen LogP contribution >= 0.6 is 0 Å². The number of ether oxygens (including phenoxy) is 1. The Balaban J connectivity index is 2.00. The Morgan fingerprint density at radius 3 is 2.77 bits per heavy atom. The summed E-state index contributed by atoms with van der Waals surface area (Å²) in [5, 5.41) is 8.55. The van der Waals surface area contributed by atoms with Crippen molar-refractivity contribution in [2.24, 2.45) is 0 Å². The summed E-state index contributed by atoms with van der Waals surface area (Å²) in [7, 11) is 0. The molecule has 1 aliphatic rings. The predicted molar refractivity (Wildman–Crippen MR) is 43.9 cm³/mol. The van der Waals surface area contributed by atoms with Gasteiger partial charge in [0.15, 0.2) is 0 Å². The number of hydrogen-bond acceptors (Lipinski definition) is 3. The fourth-order valence-electron chi connectivity index (χ4n) is 1.15. The van der Waals surface area contributed by atoms with Gasteiger partial charge >= 0.3 is 5.97 Å². The lowest BCUT2D eigenvalue weighted by molar-refractivity contribution is 0.0615. The van der Waals surface area contributed by atoms with Crippen LogP contribution in [0.3, 0.4) is 0 Å². The smallest absolute Gasteiger partial charge is 0.371 e. The highest BCUT2D eigenvalue weighted by molar-refractivity contribution is 5.84. The fourth-order valence-corrected chi connectivity index (χ4v) is 1.15. The van der Waals surface area contributed by atoms with E-state index in [9.17, 15) is 4.79 Å². The highest BCUT2D eigenvalue weighted by Gasteiger charge is 2.21. The molecule has 1 saturated carbocycles. The van der Waals surface area contributed by atoms with Crippen molar-refractivity contribution < 1.29 is 19.1 Å². The molecule has 0 aromatic carbocycles. The van der Waals surface area contributed by atoms with Crippen molar-refractivity contribution in [2.75, 3.05) is 0 Å². The molecule has 0 spiro atoms. The Labute approximate surface area is 75.1 Å². The van der Waals surface area contributed by atoms with Crippen LogP contribution in [0.1, 0.15) is 29.8 Å². The van der Waals surface area contributed by atoms with Gasteiger partial charge in [-0.3, -0.25) is 0 Å². The number of carbonyl (C=O) groups is 1. The number of rotatable bonds is 3. The summed E-state index contributed by atoms with van der Waals surface area (Å²) in [6.45, 7) is 0. The van der Waals surface area contributed by atoms with Crippen molar-refractivity contribution in [1.82, 2.24) is 0 Å². The molecule has 0 bridgehead atoms. The van der Waals surface area contributed by atoms with E-state index in [4.69, 9.17) is 14.3 Å². The van der Waals surface area contributed by atoms with Crippen molar-refractivity contribution in [1.29, 1.82) is 0 Å². The lowest BCUT2D eigenvalue weighted by Gasteiger charge is -2.24. The summed E-state index contributed by atoms with van der Waals surface area (Å²) < 4.78 is 10.3. The van der Waals surface area contributed by atoms with Crippen molar-refractivity contribution in [3.05, 3.63) is 17.9 Å². The summed E-state index contributed by atoms with van der Waals surface area (Å²) in [5.74, 6) is -0.833. The summed E-state index contributed by atoms with van der Waals surface area (Å²) in [6, 6.07) is 2.94. The standard InChI is InChI=1S/C9H10O4/c10-9(11)7-4-5-8(13-7)12-6-2-1-3-6/h4-6H,1-3H2,(H,10,11). The summed E-state index contributed by atoms with van der Waals surface area (Å²) >= 11 is 0. The van der Waals surface area contributed by atoms with Gasteiger partial charge in [-0.05, 0) is 25.3 Å². The molecule has 13 heavy (non-hydrogen) atoms. The van der Waals surface area contributed by atoms with Crippen LogP contribution in [0.2, 0.25) is 0 Å². The van der Waals surface area contributed by atoms with E-state index in [1.54, 1.807) is 6.07 Å². The molecule has 1 aliphatic carbocycles. The third-order valence-electron chi connectivity index (χ3n) is 2.13. The molecule has 2 rings (SSSR count). The lowest BCUT2D eigenvalue weighted by Crippen LogP contribution is -2.24. The molecule has 0 aliphatic heterocycles. The zero-order valence-electron chi connectivity index (χ0n) is 7.03. The first-order chi connectivity index (χ1) is 6.25. The van der Waals surface area contributed by atoms with Crippen LogP contribution in [0.4, 0.5) is 0 Å². The van der Waals surface area contributed by atoms with E-state index in [0.29, 0.717) is 5.95 Å². The van der Waals surface area contributed by atoms with Crippen molar-refractivity contribution in [3.63, 3.8) is 0 Å². The van der Waals surface area contributed by atoms with E-state index in [2.05, 4.69) is 0 Å². The van der Waals surface area contributed by atoms with E-state index in [0.717, 1.165) is 12.8 Å². The molecule has 1 fully saturated rings. The molecule has 1 N–H and O–H groups in total. The van der Waals surface area contributed by atoms with E-state index in [1.807, 2.05) is 0 Å². The van der Waals surface area contributed by atoms with Gasteiger partial charge in [-0.1, -0.05) is 0 Å². The molecule has 1 aromatic heterocycles. The van der Waals surface area contributed by atoms with Crippen molar-refractivity contribution in [2.45, 2.75) is 25.4 Å². The third kappa shape index (κ3) is 1.66.